The maximum absolute atomic E-state index is 5.19. The quantitative estimate of drug-likeness (QED) is 0.457. The molecule has 0 unspecified atom stereocenters. The Morgan fingerprint density at radius 1 is 1.40 bits per heavy atom. The van der Waals surface area contributed by atoms with E-state index in [4.69, 9.17) is 4.74 Å². The Balaban J connectivity index is 2.24. The van der Waals surface area contributed by atoms with E-state index in [2.05, 4.69) is 24.3 Å². The van der Waals surface area contributed by atoms with Crippen LogP contribution in [0.2, 0.25) is 0 Å². The average molecular weight is 130 g/mol. The van der Waals surface area contributed by atoms with Gasteiger partial charge in [-0.1, -0.05) is 18.2 Å². The molecule has 48 valence electrons. The first-order valence-electron chi connectivity index (χ1n) is 3.45. The van der Waals surface area contributed by atoms with E-state index in [0.29, 0.717) is 0 Å². The highest BCUT2D eigenvalue weighted by Gasteiger charge is 2.36. The molecule has 0 radical (unpaired) electrons. The number of rotatable bonds is 0. The van der Waals surface area contributed by atoms with Crippen molar-refractivity contribution in [3.63, 3.8) is 0 Å². The number of hydrogen-bond donors (Lipinski definition) is 0. The molecule has 1 saturated heterocycles. The van der Waals surface area contributed by atoms with Crippen LogP contribution in [0.1, 0.15) is 6.42 Å². The molecule has 0 spiro atoms. The molecule has 1 heterocycles. The van der Waals surface area contributed by atoms with E-state index in [1.54, 1.807) is 0 Å². The molecular weight excluding hydrogens is 124 g/mol. The Kier molecular flexibility index (Phi) is 0.575. The Labute approximate surface area is 59.0 Å². The van der Waals surface area contributed by atoms with Gasteiger partial charge in [0.2, 0.25) is 0 Å². The van der Waals surface area contributed by atoms with Gasteiger partial charge in [0.05, 0.1) is 0 Å². The molecule has 1 nitrogen and oxygen atoms in total. The topological polar surface area (TPSA) is 12.5 Å². The van der Waals surface area contributed by atoms with Crippen LogP contribution in [-0.4, -0.2) is 0 Å². The van der Waals surface area contributed by atoms with Gasteiger partial charge in [-0.15, -0.1) is 0 Å². The molecule has 3 rings (SSSR count). The van der Waals surface area contributed by atoms with Crippen molar-refractivity contribution in [1.29, 1.82) is 0 Å². The maximum Gasteiger partial charge on any atom is 0.174 e. The summed E-state index contributed by atoms with van der Waals surface area (Å²) in [7, 11) is 0. The molecule has 1 aliphatic heterocycles. The van der Waals surface area contributed by atoms with Gasteiger partial charge in [-0.05, 0) is 18.1 Å². The van der Waals surface area contributed by atoms with E-state index in [9.17, 15) is 0 Å². The molecule has 0 amide bonds. The van der Waals surface area contributed by atoms with Crippen LogP contribution < -0.4 is 0 Å². The van der Waals surface area contributed by atoms with Gasteiger partial charge >= 0.3 is 0 Å². The molecule has 0 aromatic heterocycles. The Hall–Kier alpha value is -1.24. The van der Waals surface area contributed by atoms with Crippen molar-refractivity contribution in [2.75, 3.05) is 0 Å². The third kappa shape index (κ3) is 0.397. The van der Waals surface area contributed by atoms with Gasteiger partial charge < -0.3 is 4.74 Å². The van der Waals surface area contributed by atoms with E-state index >= 15 is 0 Å². The Bertz CT molecular complexity index is 327. The van der Waals surface area contributed by atoms with E-state index in [0.717, 1.165) is 17.9 Å². The molecule has 1 heteroatoms. The molecule has 3 aliphatic rings. The van der Waals surface area contributed by atoms with Crippen LogP contribution in [0.4, 0.5) is 0 Å². The summed E-state index contributed by atoms with van der Waals surface area (Å²) >= 11 is 0. The van der Waals surface area contributed by atoms with Gasteiger partial charge in [-0.2, -0.15) is 0 Å². The van der Waals surface area contributed by atoms with Crippen molar-refractivity contribution in [3.8, 4) is 0 Å². The zero-order valence-electron chi connectivity index (χ0n) is 5.42. The van der Waals surface area contributed by atoms with Gasteiger partial charge in [-0.3, -0.25) is 0 Å². The number of epoxide rings is 1. The third-order valence-electron chi connectivity index (χ3n) is 2.04. The van der Waals surface area contributed by atoms with Crippen LogP contribution in [0, 0.1) is 0 Å². The SMILES string of the molecule is C1=CCC2=C3OC3=CC2=C1. The normalized spacial score (nSPS) is 24.8. The van der Waals surface area contributed by atoms with Crippen LogP contribution in [0.3, 0.4) is 0 Å². The molecule has 0 aromatic rings. The Morgan fingerprint density at radius 2 is 2.40 bits per heavy atom. The summed E-state index contributed by atoms with van der Waals surface area (Å²) in [5, 5.41) is 0. The van der Waals surface area contributed by atoms with E-state index < -0.39 is 0 Å². The summed E-state index contributed by atoms with van der Waals surface area (Å²) in [5.74, 6) is 2.22. The van der Waals surface area contributed by atoms with Crippen molar-refractivity contribution in [1.82, 2.24) is 0 Å². The minimum absolute atomic E-state index is 1.04. The second-order valence-electron chi connectivity index (χ2n) is 2.67. The lowest BCUT2D eigenvalue weighted by atomic mass is 10.0. The largest absolute Gasteiger partial charge is 0.449 e. The summed E-state index contributed by atoms with van der Waals surface area (Å²) in [6.45, 7) is 0. The van der Waals surface area contributed by atoms with Crippen LogP contribution in [0.15, 0.2) is 47.0 Å². The molecule has 10 heavy (non-hydrogen) atoms. The molecular formula is C9H6O. The van der Waals surface area contributed by atoms with Gasteiger partial charge in [0.15, 0.2) is 11.5 Å². The van der Waals surface area contributed by atoms with Crippen LogP contribution in [-0.2, 0) is 4.74 Å². The van der Waals surface area contributed by atoms with Crippen molar-refractivity contribution in [3.05, 3.63) is 47.0 Å². The summed E-state index contributed by atoms with van der Waals surface area (Å²) in [5.41, 5.74) is 2.72. The predicted molar refractivity (Wildman–Crippen MR) is 38.0 cm³/mol. The average Bonchev–Trinajstić information content (AvgIpc) is 2.64. The fourth-order valence-corrected chi connectivity index (χ4v) is 1.47. The van der Waals surface area contributed by atoms with Gasteiger partial charge in [-0.25, -0.2) is 0 Å². The van der Waals surface area contributed by atoms with Gasteiger partial charge in [0.25, 0.3) is 0 Å². The third-order valence-corrected chi connectivity index (χ3v) is 2.04. The fraction of sp³-hybridized carbons (Fsp3) is 0.111. The standard InChI is InChI=1S/C9H6O/c1-2-4-7-6(3-1)5-8-9(7)10-8/h1-3,5H,4H2. The molecule has 0 atom stereocenters. The van der Waals surface area contributed by atoms with Gasteiger partial charge in [0.1, 0.15) is 0 Å². The maximum atomic E-state index is 5.19. The first-order chi connectivity index (χ1) is 4.95. The van der Waals surface area contributed by atoms with E-state index in [1.165, 1.54) is 11.1 Å². The van der Waals surface area contributed by atoms with Crippen LogP contribution >= 0.6 is 0 Å². The smallest absolute Gasteiger partial charge is 0.174 e. The second-order valence-corrected chi connectivity index (χ2v) is 2.67. The fourth-order valence-electron chi connectivity index (χ4n) is 1.47. The van der Waals surface area contributed by atoms with E-state index in [1.807, 2.05) is 0 Å². The molecule has 0 aromatic carbocycles. The lowest BCUT2D eigenvalue weighted by Gasteiger charge is -2.03. The van der Waals surface area contributed by atoms with Crippen molar-refractivity contribution >= 4 is 0 Å². The summed E-state index contributed by atoms with van der Waals surface area (Å²) in [6, 6.07) is 0. The molecule has 0 saturated carbocycles. The van der Waals surface area contributed by atoms with Crippen molar-refractivity contribution < 1.29 is 4.74 Å². The first kappa shape index (κ1) is 4.56. The Morgan fingerprint density at radius 3 is 3.30 bits per heavy atom. The second kappa shape index (κ2) is 1.26. The van der Waals surface area contributed by atoms with Crippen LogP contribution in [0.25, 0.3) is 0 Å². The number of hydrogen-bond acceptors (Lipinski definition) is 1. The minimum atomic E-state index is 1.04. The number of ether oxygens (including phenoxy) is 1. The molecule has 1 fully saturated rings. The highest BCUT2D eigenvalue weighted by atomic mass is 16.6. The highest BCUT2D eigenvalue weighted by molar-refractivity contribution is 5.63. The summed E-state index contributed by atoms with van der Waals surface area (Å²) in [6.07, 6.45) is 9.54. The van der Waals surface area contributed by atoms with Gasteiger partial charge in [0, 0.05) is 5.57 Å². The summed E-state index contributed by atoms with van der Waals surface area (Å²) in [4.78, 5) is 0. The lowest BCUT2D eigenvalue weighted by Crippen LogP contribution is -1.87. The monoisotopic (exact) mass is 130 g/mol. The van der Waals surface area contributed by atoms with Crippen molar-refractivity contribution in [2.24, 2.45) is 0 Å². The molecule has 0 bridgehead atoms. The van der Waals surface area contributed by atoms with E-state index in [-0.39, 0.29) is 0 Å². The highest BCUT2D eigenvalue weighted by Crippen LogP contribution is 2.47. The predicted octanol–water partition coefficient (Wildman–Crippen LogP) is 2.05. The molecule has 2 aliphatic carbocycles. The number of fused-ring (bicyclic) bond motifs is 2. The molecule has 0 N–H and O–H groups in total. The minimum Gasteiger partial charge on any atom is -0.449 e. The zero-order valence-corrected chi connectivity index (χ0v) is 5.42. The zero-order chi connectivity index (χ0) is 6.55. The van der Waals surface area contributed by atoms with Crippen molar-refractivity contribution in [2.45, 2.75) is 6.42 Å². The first-order valence-corrected chi connectivity index (χ1v) is 3.45. The van der Waals surface area contributed by atoms with Crippen LogP contribution in [0.5, 0.6) is 0 Å². The summed E-state index contributed by atoms with van der Waals surface area (Å²) < 4.78 is 5.19. The lowest BCUT2D eigenvalue weighted by molar-refractivity contribution is 0.545. The number of allylic oxidation sites excluding steroid dienone is 6.